The first-order valence-electron chi connectivity index (χ1n) is 5.88. The third-order valence-electron chi connectivity index (χ3n) is 2.88. The molecule has 0 unspecified atom stereocenters. The molecule has 1 heterocycles. The van der Waals surface area contributed by atoms with Crippen LogP contribution in [0.2, 0.25) is 5.02 Å². The molecule has 0 aliphatic carbocycles. The number of halogens is 1. The molecule has 1 amide bonds. The molecule has 4 nitrogen and oxygen atoms in total. The summed E-state index contributed by atoms with van der Waals surface area (Å²) >= 11 is 5.87. The van der Waals surface area contributed by atoms with Crippen LogP contribution in [0.1, 0.15) is 23.2 Å². The summed E-state index contributed by atoms with van der Waals surface area (Å²) in [6.45, 7) is 1.29. The van der Waals surface area contributed by atoms with Crippen LogP contribution < -0.4 is 0 Å². The lowest BCUT2D eigenvalue weighted by molar-refractivity contribution is -0.133. The third kappa shape index (κ3) is 3.01. The average molecular weight is 268 g/mol. The number of hydrogen-bond acceptors (Lipinski definition) is 3. The van der Waals surface area contributed by atoms with Gasteiger partial charge in [0.05, 0.1) is 10.6 Å². The lowest BCUT2D eigenvalue weighted by Crippen LogP contribution is -2.32. The van der Waals surface area contributed by atoms with Crippen molar-refractivity contribution in [3.05, 3.63) is 34.9 Å². The minimum absolute atomic E-state index is 0.145. The molecule has 18 heavy (non-hydrogen) atoms. The molecule has 0 bridgehead atoms. The molecule has 0 saturated carbocycles. The second-order valence-electron chi connectivity index (χ2n) is 4.14. The van der Waals surface area contributed by atoms with Crippen LogP contribution in [0.4, 0.5) is 0 Å². The largest absolute Gasteiger partial charge is 0.452 e. The first kappa shape index (κ1) is 12.9. The molecular formula is C13H14ClNO3. The van der Waals surface area contributed by atoms with Gasteiger partial charge < -0.3 is 9.64 Å². The van der Waals surface area contributed by atoms with Gasteiger partial charge in [0, 0.05) is 13.1 Å². The van der Waals surface area contributed by atoms with Crippen molar-refractivity contribution >= 4 is 23.5 Å². The fraction of sp³-hybridized carbons (Fsp3) is 0.385. The number of likely N-dealkylation sites (tertiary alicyclic amines) is 1. The van der Waals surface area contributed by atoms with E-state index in [-0.39, 0.29) is 18.1 Å². The van der Waals surface area contributed by atoms with Gasteiger partial charge in [-0.15, -0.1) is 0 Å². The Bertz CT molecular complexity index is 455. The summed E-state index contributed by atoms with van der Waals surface area (Å²) in [6, 6.07) is 6.62. The van der Waals surface area contributed by atoms with Gasteiger partial charge in [0.1, 0.15) is 0 Å². The van der Waals surface area contributed by atoms with Crippen LogP contribution in [0, 0.1) is 0 Å². The van der Waals surface area contributed by atoms with Crippen molar-refractivity contribution < 1.29 is 14.3 Å². The summed E-state index contributed by atoms with van der Waals surface area (Å²) in [5.41, 5.74) is 0.286. The van der Waals surface area contributed by atoms with Crippen LogP contribution in [0.5, 0.6) is 0 Å². The van der Waals surface area contributed by atoms with Gasteiger partial charge in [-0.25, -0.2) is 4.79 Å². The highest BCUT2D eigenvalue weighted by Gasteiger charge is 2.20. The van der Waals surface area contributed by atoms with Crippen molar-refractivity contribution in [3.63, 3.8) is 0 Å². The predicted octanol–water partition coefficient (Wildman–Crippen LogP) is 2.12. The standard InChI is InChI=1S/C13H14ClNO3/c14-11-6-2-1-5-10(11)13(17)18-9-12(16)15-7-3-4-8-15/h1-2,5-6H,3-4,7-9H2. The third-order valence-corrected chi connectivity index (χ3v) is 3.21. The van der Waals surface area contributed by atoms with Crippen molar-refractivity contribution in [2.24, 2.45) is 0 Å². The summed E-state index contributed by atoms with van der Waals surface area (Å²) in [5.74, 6) is -0.707. The molecule has 5 heteroatoms. The maximum atomic E-state index is 11.7. The molecule has 1 fully saturated rings. The Hall–Kier alpha value is -1.55. The van der Waals surface area contributed by atoms with Gasteiger partial charge in [0.15, 0.2) is 6.61 Å². The van der Waals surface area contributed by atoms with Crippen molar-refractivity contribution in [2.45, 2.75) is 12.8 Å². The van der Waals surface area contributed by atoms with E-state index in [9.17, 15) is 9.59 Å². The zero-order valence-corrected chi connectivity index (χ0v) is 10.7. The highest BCUT2D eigenvalue weighted by molar-refractivity contribution is 6.33. The van der Waals surface area contributed by atoms with E-state index in [1.807, 2.05) is 0 Å². The molecule has 96 valence electrons. The first-order valence-corrected chi connectivity index (χ1v) is 6.25. The highest BCUT2D eigenvalue weighted by atomic mass is 35.5. The monoisotopic (exact) mass is 267 g/mol. The van der Waals surface area contributed by atoms with E-state index >= 15 is 0 Å². The number of nitrogens with zero attached hydrogens (tertiary/aromatic N) is 1. The predicted molar refractivity (Wildman–Crippen MR) is 67.5 cm³/mol. The zero-order valence-electron chi connectivity index (χ0n) is 9.89. The van der Waals surface area contributed by atoms with Crippen LogP contribution >= 0.6 is 11.6 Å². The number of hydrogen-bond donors (Lipinski definition) is 0. The summed E-state index contributed by atoms with van der Waals surface area (Å²) < 4.78 is 4.97. The minimum atomic E-state index is -0.562. The molecule has 1 aromatic carbocycles. The Morgan fingerprint density at radius 3 is 2.56 bits per heavy atom. The van der Waals surface area contributed by atoms with Crippen LogP contribution in [-0.2, 0) is 9.53 Å². The maximum Gasteiger partial charge on any atom is 0.340 e. The first-order chi connectivity index (χ1) is 8.68. The average Bonchev–Trinajstić information content (AvgIpc) is 2.90. The van der Waals surface area contributed by atoms with Crippen LogP contribution in [0.25, 0.3) is 0 Å². The molecular weight excluding hydrogens is 254 g/mol. The van der Waals surface area contributed by atoms with Gasteiger partial charge in [-0.1, -0.05) is 23.7 Å². The van der Waals surface area contributed by atoms with E-state index in [0.717, 1.165) is 25.9 Å². The lowest BCUT2D eigenvalue weighted by Gasteiger charge is -2.15. The number of benzene rings is 1. The smallest absolute Gasteiger partial charge is 0.340 e. The quantitative estimate of drug-likeness (QED) is 0.788. The molecule has 0 radical (unpaired) electrons. The molecule has 1 aromatic rings. The fourth-order valence-electron chi connectivity index (χ4n) is 1.89. The summed E-state index contributed by atoms with van der Waals surface area (Å²) in [7, 11) is 0. The zero-order chi connectivity index (χ0) is 13.0. The number of esters is 1. The minimum Gasteiger partial charge on any atom is -0.452 e. The van der Waals surface area contributed by atoms with E-state index < -0.39 is 5.97 Å². The Morgan fingerprint density at radius 1 is 1.22 bits per heavy atom. The summed E-state index contributed by atoms with van der Waals surface area (Å²) in [4.78, 5) is 25.1. The Labute approximate surface area is 110 Å². The summed E-state index contributed by atoms with van der Waals surface area (Å²) in [6.07, 6.45) is 2.04. The van der Waals surface area contributed by atoms with Crippen LogP contribution in [0.15, 0.2) is 24.3 Å². The van der Waals surface area contributed by atoms with Crippen molar-refractivity contribution in [3.8, 4) is 0 Å². The van der Waals surface area contributed by atoms with E-state index in [0.29, 0.717) is 5.02 Å². The van der Waals surface area contributed by atoms with E-state index in [4.69, 9.17) is 16.3 Å². The molecule has 0 atom stereocenters. The van der Waals surface area contributed by atoms with Gasteiger partial charge in [-0.2, -0.15) is 0 Å². The highest BCUT2D eigenvalue weighted by Crippen LogP contribution is 2.16. The van der Waals surface area contributed by atoms with E-state index in [1.165, 1.54) is 0 Å². The summed E-state index contributed by atoms with van der Waals surface area (Å²) in [5, 5.41) is 0.330. The van der Waals surface area contributed by atoms with Gasteiger partial charge in [0.25, 0.3) is 5.91 Å². The normalized spacial score (nSPS) is 14.6. The fourth-order valence-corrected chi connectivity index (χ4v) is 2.10. The number of amides is 1. The topological polar surface area (TPSA) is 46.6 Å². The number of carbonyl (C=O) groups is 2. The van der Waals surface area contributed by atoms with E-state index in [2.05, 4.69) is 0 Å². The SMILES string of the molecule is O=C(OCC(=O)N1CCCC1)c1ccccc1Cl. The van der Waals surface area contributed by atoms with Gasteiger partial charge in [-0.3, -0.25) is 4.79 Å². The second kappa shape index (κ2) is 5.87. The molecule has 0 spiro atoms. The van der Waals surface area contributed by atoms with Gasteiger partial charge >= 0.3 is 5.97 Å². The molecule has 0 aromatic heterocycles. The van der Waals surface area contributed by atoms with Crippen molar-refractivity contribution in [1.82, 2.24) is 4.90 Å². The maximum absolute atomic E-state index is 11.7. The van der Waals surface area contributed by atoms with Crippen molar-refractivity contribution in [2.75, 3.05) is 19.7 Å². The Kier molecular flexibility index (Phi) is 4.20. The molecule has 0 N–H and O–H groups in total. The van der Waals surface area contributed by atoms with Gasteiger partial charge in [-0.05, 0) is 25.0 Å². The molecule has 1 saturated heterocycles. The number of carbonyl (C=O) groups excluding carboxylic acids is 2. The van der Waals surface area contributed by atoms with Crippen LogP contribution in [0.3, 0.4) is 0 Å². The van der Waals surface area contributed by atoms with Gasteiger partial charge in [0.2, 0.25) is 0 Å². The van der Waals surface area contributed by atoms with Crippen molar-refractivity contribution in [1.29, 1.82) is 0 Å². The molecule has 2 rings (SSSR count). The Balaban J connectivity index is 1.88. The molecule has 1 aliphatic heterocycles. The Morgan fingerprint density at radius 2 is 1.89 bits per heavy atom. The van der Waals surface area contributed by atoms with E-state index in [1.54, 1.807) is 29.2 Å². The molecule has 1 aliphatic rings. The number of ether oxygens (including phenoxy) is 1. The lowest BCUT2D eigenvalue weighted by atomic mass is 10.2. The number of rotatable bonds is 3. The second-order valence-corrected chi connectivity index (χ2v) is 4.55. The van der Waals surface area contributed by atoms with Crippen LogP contribution in [-0.4, -0.2) is 36.5 Å².